The minimum atomic E-state index is -0.584. The smallest absolute Gasteiger partial charge is 0.406 e. The molecule has 18 heavy (non-hydrogen) atoms. The van der Waals surface area contributed by atoms with Crippen LogP contribution in [0, 0.1) is 0 Å². The predicted octanol–water partition coefficient (Wildman–Crippen LogP) is -1.65. The number of methoxy groups -OCH3 is 1. The summed E-state index contributed by atoms with van der Waals surface area (Å²) in [6.45, 7) is 0.593. The molecular formula is C10H19N3O5. The number of hydrogen-bond acceptors (Lipinski definition) is 5. The van der Waals surface area contributed by atoms with Crippen LogP contribution < -0.4 is 16.0 Å². The Balaban J connectivity index is 3.42. The van der Waals surface area contributed by atoms with E-state index in [1.807, 2.05) is 0 Å². The number of ether oxygens (including phenoxy) is 1. The van der Waals surface area contributed by atoms with Gasteiger partial charge in [0.25, 0.3) is 0 Å². The first-order valence-corrected chi connectivity index (χ1v) is 5.56. The molecule has 3 amide bonds. The lowest BCUT2D eigenvalue weighted by atomic mass is 10.4. The van der Waals surface area contributed by atoms with Crippen molar-refractivity contribution in [1.82, 2.24) is 16.0 Å². The van der Waals surface area contributed by atoms with E-state index in [1.165, 1.54) is 7.11 Å². The minimum absolute atomic E-state index is 0.0526. The first-order chi connectivity index (χ1) is 8.60. The number of nitrogens with one attached hydrogen (secondary N) is 3. The second-order valence-corrected chi connectivity index (χ2v) is 3.34. The van der Waals surface area contributed by atoms with Gasteiger partial charge in [0.2, 0.25) is 11.8 Å². The Kier molecular flexibility index (Phi) is 9.28. The molecule has 0 aromatic heterocycles. The second kappa shape index (κ2) is 10.3. The zero-order valence-corrected chi connectivity index (χ0v) is 10.3. The SMILES string of the molecule is COC(=O)NCCC(=O)NCCNC(=O)CCO. The highest BCUT2D eigenvalue weighted by Crippen LogP contribution is 1.79. The summed E-state index contributed by atoms with van der Waals surface area (Å²) in [5, 5.41) is 15.9. The molecule has 0 aliphatic heterocycles. The molecule has 0 aromatic carbocycles. The summed E-state index contributed by atoms with van der Waals surface area (Å²) in [5.41, 5.74) is 0. The van der Waals surface area contributed by atoms with Crippen molar-refractivity contribution in [3.05, 3.63) is 0 Å². The first-order valence-electron chi connectivity index (χ1n) is 5.56. The van der Waals surface area contributed by atoms with E-state index in [-0.39, 0.29) is 37.8 Å². The molecule has 0 atom stereocenters. The lowest BCUT2D eigenvalue weighted by Crippen LogP contribution is -2.36. The molecule has 0 bridgehead atoms. The summed E-state index contributed by atoms with van der Waals surface area (Å²) in [6, 6.07) is 0. The quantitative estimate of drug-likeness (QED) is 0.390. The third-order valence-electron chi connectivity index (χ3n) is 1.91. The van der Waals surface area contributed by atoms with Crippen LogP contribution in [-0.2, 0) is 14.3 Å². The Bertz CT molecular complexity index is 283. The zero-order chi connectivity index (χ0) is 13.8. The van der Waals surface area contributed by atoms with Gasteiger partial charge in [0, 0.05) is 32.5 Å². The normalized spacial score (nSPS) is 9.44. The Morgan fingerprint density at radius 1 is 0.944 bits per heavy atom. The van der Waals surface area contributed by atoms with Crippen LogP contribution in [0.5, 0.6) is 0 Å². The van der Waals surface area contributed by atoms with Gasteiger partial charge < -0.3 is 25.8 Å². The highest BCUT2D eigenvalue weighted by atomic mass is 16.5. The van der Waals surface area contributed by atoms with Gasteiger partial charge in [-0.2, -0.15) is 0 Å². The number of hydrogen-bond donors (Lipinski definition) is 4. The maximum absolute atomic E-state index is 11.2. The van der Waals surface area contributed by atoms with Crippen LogP contribution in [0.3, 0.4) is 0 Å². The van der Waals surface area contributed by atoms with Gasteiger partial charge in [0.1, 0.15) is 0 Å². The van der Waals surface area contributed by atoms with Crippen molar-refractivity contribution in [2.24, 2.45) is 0 Å². The van der Waals surface area contributed by atoms with Gasteiger partial charge in [-0.15, -0.1) is 0 Å². The molecule has 0 unspecified atom stereocenters. The summed E-state index contributed by atoms with van der Waals surface area (Å²) in [7, 11) is 1.24. The van der Waals surface area contributed by atoms with Crippen molar-refractivity contribution >= 4 is 17.9 Å². The average Bonchev–Trinajstić information content (AvgIpc) is 2.34. The van der Waals surface area contributed by atoms with E-state index in [1.54, 1.807) is 0 Å². The number of rotatable bonds is 8. The van der Waals surface area contributed by atoms with Gasteiger partial charge in [0.15, 0.2) is 0 Å². The van der Waals surface area contributed by atoms with E-state index in [2.05, 4.69) is 20.7 Å². The molecule has 0 spiro atoms. The van der Waals surface area contributed by atoms with Gasteiger partial charge in [-0.25, -0.2) is 4.79 Å². The van der Waals surface area contributed by atoms with Crippen LogP contribution in [0.25, 0.3) is 0 Å². The number of alkyl carbamates (subject to hydrolysis) is 1. The summed E-state index contributed by atoms with van der Waals surface area (Å²) in [5.74, 6) is -0.498. The molecule has 104 valence electrons. The predicted molar refractivity (Wildman–Crippen MR) is 62.7 cm³/mol. The molecular weight excluding hydrogens is 242 g/mol. The van der Waals surface area contributed by atoms with Crippen LogP contribution in [0.15, 0.2) is 0 Å². The van der Waals surface area contributed by atoms with Gasteiger partial charge >= 0.3 is 6.09 Å². The summed E-state index contributed by atoms with van der Waals surface area (Å²) in [4.78, 5) is 32.8. The van der Waals surface area contributed by atoms with Crippen LogP contribution in [0.1, 0.15) is 12.8 Å². The van der Waals surface area contributed by atoms with Crippen molar-refractivity contribution < 1.29 is 24.2 Å². The second-order valence-electron chi connectivity index (χ2n) is 3.34. The Labute approximate surface area is 105 Å². The molecule has 0 heterocycles. The number of carbonyl (C=O) groups is 3. The summed E-state index contributed by atoms with van der Waals surface area (Å²) >= 11 is 0. The third kappa shape index (κ3) is 9.40. The fourth-order valence-electron chi connectivity index (χ4n) is 1.03. The molecule has 0 aliphatic rings. The van der Waals surface area contributed by atoms with Gasteiger partial charge in [-0.05, 0) is 0 Å². The molecule has 8 nitrogen and oxygen atoms in total. The number of aliphatic hydroxyl groups is 1. The van der Waals surface area contributed by atoms with Crippen molar-refractivity contribution in [2.45, 2.75) is 12.8 Å². The van der Waals surface area contributed by atoms with E-state index in [0.29, 0.717) is 13.1 Å². The molecule has 0 aromatic rings. The first kappa shape index (κ1) is 16.2. The number of aliphatic hydroxyl groups excluding tert-OH is 1. The lowest BCUT2D eigenvalue weighted by Gasteiger charge is -2.07. The lowest BCUT2D eigenvalue weighted by molar-refractivity contribution is -0.123. The number of amides is 3. The molecule has 4 N–H and O–H groups in total. The summed E-state index contributed by atoms with van der Waals surface area (Å²) in [6.07, 6.45) is -0.393. The number of carbonyl (C=O) groups excluding carboxylic acids is 3. The van der Waals surface area contributed by atoms with Crippen molar-refractivity contribution in [1.29, 1.82) is 0 Å². The minimum Gasteiger partial charge on any atom is -0.453 e. The fourth-order valence-corrected chi connectivity index (χ4v) is 1.03. The fraction of sp³-hybridized carbons (Fsp3) is 0.700. The zero-order valence-electron chi connectivity index (χ0n) is 10.3. The Morgan fingerprint density at radius 3 is 2.00 bits per heavy atom. The maximum atomic E-state index is 11.2. The van der Waals surface area contributed by atoms with E-state index >= 15 is 0 Å². The highest BCUT2D eigenvalue weighted by Gasteiger charge is 2.03. The van der Waals surface area contributed by atoms with E-state index < -0.39 is 6.09 Å². The Hall–Kier alpha value is -1.83. The average molecular weight is 261 g/mol. The molecule has 0 fully saturated rings. The van der Waals surface area contributed by atoms with E-state index in [4.69, 9.17) is 5.11 Å². The van der Waals surface area contributed by atoms with Crippen LogP contribution in [0.2, 0.25) is 0 Å². The van der Waals surface area contributed by atoms with Crippen LogP contribution >= 0.6 is 0 Å². The standard InChI is InChI=1S/C10H19N3O5/c1-18-10(17)13-4-2-8(15)11-5-6-12-9(16)3-7-14/h14H,2-7H2,1H3,(H,11,15)(H,12,16)(H,13,17). The van der Waals surface area contributed by atoms with Crippen molar-refractivity contribution in [2.75, 3.05) is 33.4 Å². The molecule has 0 radical (unpaired) electrons. The van der Waals surface area contributed by atoms with Gasteiger partial charge in [-0.3, -0.25) is 9.59 Å². The van der Waals surface area contributed by atoms with Gasteiger partial charge in [-0.1, -0.05) is 0 Å². The molecule has 0 rings (SSSR count). The third-order valence-corrected chi connectivity index (χ3v) is 1.91. The molecule has 0 saturated carbocycles. The Morgan fingerprint density at radius 2 is 1.50 bits per heavy atom. The molecule has 0 saturated heterocycles. The van der Waals surface area contributed by atoms with Crippen LogP contribution in [-0.4, -0.2) is 56.4 Å². The molecule has 8 heteroatoms. The topological polar surface area (TPSA) is 117 Å². The van der Waals surface area contributed by atoms with Crippen LogP contribution in [0.4, 0.5) is 4.79 Å². The highest BCUT2D eigenvalue weighted by molar-refractivity contribution is 5.77. The summed E-state index contributed by atoms with van der Waals surface area (Å²) < 4.78 is 4.33. The van der Waals surface area contributed by atoms with Crippen molar-refractivity contribution in [3.8, 4) is 0 Å². The monoisotopic (exact) mass is 261 g/mol. The maximum Gasteiger partial charge on any atom is 0.406 e. The van der Waals surface area contributed by atoms with Crippen molar-refractivity contribution in [3.63, 3.8) is 0 Å². The van der Waals surface area contributed by atoms with E-state index in [0.717, 1.165) is 0 Å². The van der Waals surface area contributed by atoms with E-state index in [9.17, 15) is 14.4 Å². The van der Waals surface area contributed by atoms with Gasteiger partial charge in [0.05, 0.1) is 13.7 Å². The molecule has 0 aliphatic carbocycles. The largest absolute Gasteiger partial charge is 0.453 e.